The van der Waals surface area contributed by atoms with E-state index in [9.17, 15) is 4.79 Å². The van der Waals surface area contributed by atoms with Crippen LogP contribution in [0.2, 0.25) is 5.02 Å². The summed E-state index contributed by atoms with van der Waals surface area (Å²) in [5.41, 5.74) is 0.762. The largest absolute Gasteiger partial charge is 0.325 e. The monoisotopic (exact) mass is 390 g/mol. The normalized spacial score (nSPS) is 19.1. The molecule has 0 atom stereocenters. The van der Waals surface area contributed by atoms with Crippen molar-refractivity contribution in [2.75, 3.05) is 39.0 Å². The lowest BCUT2D eigenvalue weighted by atomic mass is 9.86. The highest BCUT2D eigenvalue weighted by molar-refractivity contribution is 6.30. The van der Waals surface area contributed by atoms with Gasteiger partial charge in [0.15, 0.2) is 0 Å². The topological polar surface area (TPSA) is 56.4 Å². The third-order valence-electron chi connectivity index (χ3n) is 4.96. The molecule has 0 aliphatic heterocycles. The fraction of sp³-hybridized carbons (Fsp3) is 0.571. The first kappa shape index (κ1) is 21.6. The van der Waals surface area contributed by atoms with E-state index < -0.39 is 0 Å². The number of halogens is 1. The molecule has 1 aliphatic carbocycles. The van der Waals surface area contributed by atoms with E-state index in [-0.39, 0.29) is 12.1 Å². The van der Waals surface area contributed by atoms with Gasteiger partial charge >= 0.3 is 6.03 Å². The number of rotatable bonds is 7. The Bertz CT molecular complexity index is 630. The molecule has 27 heavy (non-hydrogen) atoms. The highest BCUT2D eigenvalue weighted by atomic mass is 35.5. The van der Waals surface area contributed by atoms with Crippen LogP contribution in [0.5, 0.6) is 0 Å². The number of hydrogen-bond donors (Lipinski definition) is 3. The maximum atomic E-state index is 12.4. The third-order valence-corrected chi connectivity index (χ3v) is 5.21. The molecule has 0 heterocycles. The van der Waals surface area contributed by atoms with Crippen molar-refractivity contribution in [2.24, 2.45) is 5.92 Å². The predicted molar refractivity (Wildman–Crippen MR) is 113 cm³/mol. The number of anilines is 1. The van der Waals surface area contributed by atoms with Crippen molar-refractivity contribution in [1.29, 1.82) is 0 Å². The van der Waals surface area contributed by atoms with Crippen LogP contribution in [0, 0.1) is 17.8 Å². The molecule has 1 fully saturated rings. The van der Waals surface area contributed by atoms with E-state index in [2.05, 4.69) is 27.8 Å². The van der Waals surface area contributed by atoms with Crippen molar-refractivity contribution < 1.29 is 4.79 Å². The van der Waals surface area contributed by atoms with Gasteiger partial charge in [-0.15, -0.1) is 0 Å². The minimum absolute atomic E-state index is 0.0716. The molecule has 2 rings (SSSR count). The van der Waals surface area contributed by atoms with E-state index in [1.165, 1.54) is 0 Å². The molecule has 3 N–H and O–H groups in total. The Balaban J connectivity index is 1.68. The number of nitrogens with one attached hydrogen (secondary N) is 3. The van der Waals surface area contributed by atoms with E-state index in [1.807, 2.05) is 31.1 Å². The SMILES string of the molecule is CNCCCNCC#C[C@H]1CC[C@H](N(C)C(=O)Nc2ccc(Cl)cc2)CC1. The van der Waals surface area contributed by atoms with Gasteiger partial charge < -0.3 is 20.9 Å². The number of hydrogen-bond acceptors (Lipinski definition) is 3. The molecule has 5 nitrogen and oxygen atoms in total. The van der Waals surface area contributed by atoms with E-state index in [1.54, 1.807) is 12.1 Å². The lowest BCUT2D eigenvalue weighted by Gasteiger charge is -2.33. The molecule has 1 saturated carbocycles. The Morgan fingerprint density at radius 3 is 2.56 bits per heavy atom. The molecule has 148 valence electrons. The molecule has 2 amide bonds. The van der Waals surface area contributed by atoms with Crippen molar-refractivity contribution in [3.63, 3.8) is 0 Å². The molecule has 0 saturated heterocycles. The minimum atomic E-state index is -0.0716. The van der Waals surface area contributed by atoms with Crippen LogP contribution in [-0.2, 0) is 0 Å². The van der Waals surface area contributed by atoms with Crippen molar-refractivity contribution in [3.05, 3.63) is 29.3 Å². The summed E-state index contributed by atoms with van der Waals surface area (Å²) < 4.78 is 0. The van der Waals surface area contributed by atoms with E-state index >= 15 is 0 Å². The Morgan fingerprint density at radius 2 is 1.89 bits per heavy atom. The summed E-state index contributed by atoms with van der Waals surface area (Å²) in [6.07, 6.45) is 5.22. The molecular formula is C21H31ClN4O. The van der Waals surface area contributed by atoms with Crippen LogP contribution < -0.4 is 16.0 Å². The summed E-state index contributed by atoms with van der Waals surface area (Å²) in [6.45, 7) is 2.78. The maximum absolute atomic E-state index is 12.4. The molecule has 1 aromatic carbocycles. The zero-order valence-electron chi connectivity index (χ0n) is 16.4. The summed E-state index contributed by atoms with van der Waals surface area (Å²) in [5, 5.41) is 10.1. The number of nitrogens with zero attached hydrogens (tertiary/aromatic N) is 1. The fourth-order valence-electron chi connectivity index (χ4n) is 3.25. The summed E-state index contributed by atoms with van der Waals surface area (Å²) in [4.78, 5) is 14.3. The van der Waals surface area contributed by atoms with Gasteiger partial charge in [-0.1, -0.05) is 23.4 Å². The molecule has 0 radical (unpaired) electrons. The Labute approximate surface area is 168 Å². The van der Waals surface area contributed by atoms with Crippen LogP contribution in [0.1, 0.15) is 32.1 Å². The van der Waals surface area contributed by atoms with Crippen molar-refractivity contribution in [2.45, 2.75) is 38.1 Å². The van der Waals surface area contributed by atoms with Crippen molar-refractivity contribution >= 4 is 23.3 Å². The van der Waals surface area contributed by atoms with Crippen LogP contribution in [0.25, 0.3) is 0 Å². The van der Waals surface area contributed by atoms with E-state index in [0.29, 0.717) is 10.9 Å². The average Bonchev–Trinajstić information content (AvgIpc) is 2.69. The molecule has 0 aromatic heterocycles. The number of carbonyl (C=O) groups excluding carboxylic acids is 1. The van der Waals surface area contributed by atoms with Gasteiger partial charge in [-0.3, -0.25) is 0 Å². The van der Waals surface area contributed by atoms with Gasteiger partial charge in [-0.25, -0.2) is 4.79 Å². The van der Waals surface area contributed by atoms with Crippen LogP contribution >= 0.6 is 11.6 Å². The molecular weight excluding hydrogens is 360 g/mol. The third kappa shape index (κ3) is 7.80. The zero-order chi connectivity index (χ0) is 19.5. The second-order valence-electron chi connectivity index (χ2n) is 7.01. The Hall–Kier alpha value is -1.74. The smallest absolute Gasteiger partial charge is 0.321 e. The number of amides is 2. The summed E-state index contributed by atoms with van der Waals surface area (Å²) >= 11 is 5.88. The highest BCUT2D eigenvalue weighted by Crippen LogP contribution is 2.27. The first-order valence-electron chi connectivity index (χ1n) is 9.73. The maximum Gasteiger partial charge on any atom is 0.321 e. The van der Waals surface area contributed by atoms with Gasteiger partial charge in [0.25, 0.3) is 0 Å². The van der Waals surface area contributed by atoms with Gasteiger partial charge in [-0.05, 0) is 76.5 Å². The molecule has 0 spiro atoms. The lowest BCUT2D eigenvalue weighted by molar-refractivity contribution is 0.180. The molecule has 1 aromatic rings. The summed E-state index contributed by atoms with van der Waals surface area (Å²) in [5.74, 6) is 7.09. The van der Waals surface area contributed by atoms with Crippen LogP contribution in [-0.4, -0.2) is 50.7 Å². The van der Waals surface area contributed by atoms with E-state index in [0.717, 1.165) is 57.4 Å². The van der Waals surface area contributed by atoms with E-state index in [4.69, 9.17) is 11.6 Å². The molecule has 1 aliphatic rings. The quantitative estimate of drug-likeness (QED) is 0.492. The van der Waals surface area contributed by atoms with Crippen LogP contribution in [0.3, 0.4) is 0 Å². The first-order valence-corrected chi connectivity index (χ1v) is 10.1. The summed E-state index contributed by atoms with van der Waals surface area (Å²) in [6, 6.07) is 7.38. The predicted octanol–water partition coefficient (Wildman–Crippen LogP) is 3.57. The summed E-state index contributed by atoms with van der Waals surface area (Å²) in [7, 11) is 3.84. The van der Waals surface area contributed by atoms with Gasteiger partial charge in [-0.2, -0.15) is 0 Å². The second kappa shape index (κ2) is 11.9. The van der Waals surface area contributed by atoms with Gasteiger partial charge in [0.05, 0.1) is 6.54 Å². The first-order chi connectivity index (χ1) is 13.1. The van der Waals surface area contributed by atoms with Gasteiger partial charge in [0.2, 0.25) is 0 Å². The van der Waals surface area contributed by atoms with Gasteiger partial charge in [0, 0.05) is 29.7 Å². The Morgan fingerprint density at radius 1 is 1.19 bits per heavy atom. The molecule has 0 unspecified atom stereocenters. The van der Waals surface area contributed by atoms with Crippen LogP contribution in [0.4, 0.5) is 10.5 Å². The Kier molecular flexibility index (Phi) is 9.47. The highest BCUT2D eigenvalue weighted by Gasteiger charge is 2.25. The lowest BCUT2D eigenvalue weighted by Crippen LogP contribution is -2.41. The van der Waals surface area contributed by atoms with Crippen molar-refractivity contribution in [1.82, 2.24) is 15.5 Å². The van der Waals surface area contributed by atoms with Crippen LogP contribution in [0.15, 0.2) is 24.3 Å². The average molecular weight is 391 g/mol. The zero-order valence-corrected chi connectivity index (χ0v) is 17.1. The second-order valence-corrected chi connectivity index (χ2v) is 7.44. The number of carbonyl (C=O) groups is 1. The molecule has 6 heteroatoms. The van der Waals surface area contributed by atoms with Crippen molar-refractivity contribution in [3.8, 4) is 11.8 Å². The number of urea groups is 1. The minimum Gasteiger partial charge on any atom is -0.325 e. The number of benzene rings is 1. The van der Waals surface area contributed by atoms with Gasteiger partial charge in [0.1, 0.15) is 0 Å². The fourth-order valence-corrected chi connectivity index (χ4v) is 3.38. The molecule has 0 bridgehead atoms. The standard InChI is InChI=1S/C21H31ClN4O/c1-23-14-4-16-24-15-3-5-17-6-12-20(13-7-17)26(2)21(27)25-19-10-8-18(22)9-11-19/h8-11,17,20,23-24H,4,6-7,12-16H2,1-2H3,(H,25,27)/t17-,20-.